The summed E-state index contributed by atoms with van der Waals surface area (Å²) < 4.78 is 10.8. The first-order valence-corrected chi connectivity index (χ1v) is 4.36. The lowest BCUT2D eigenvalue weighted by Crippen LogP contribution is -2.33. The maximum atomic E-state index is 10.9. The van der Waals surface area contributed by atoms with Crippen molar-refractivity contribution in [2.45, 2.75) is 12.5 Å². The van der Waals surface area contributed by atoms with Crippen molar-refractivity contribution in [2.75, 3.05) is 6.61 Å². The average Bonchev–Trinajstić information content (AvgIpc) is 2.39. The first kappa shape index (κ1) is 8.87. The smallest absolute Gasteiger partial charge is 0.258 e. The molecule has 1 heterocycles. The molecule has 1 atom stereocenters. The zero-order valence-corrected chi connectivity index (χ0v) is 7.53. The van der Waals surface area contributed by atoms with Gasteiger partial charge in [0.05, 0.1) is 6.61 Å². The van der Waals surface area contributed by atoms with Gasteiger partial charge in [-0.2, -0.15) is 0 Å². The molecule has 0 saturated heterocycles. The van der Waals surface area contributed by atoms with E-state index in [1.54, 1.807) is 18.2 Å². The SMILES string of the molecule is NC(=O)C1CCOc2cc[c]cc2O1. The Labute approximate surface area is 81.6 Å². The molecule has 1 radical (unpaired) electrons. The minimum Gasteiger partial charge on any atom is -0.490 e. The summed E-state index contributed by atoms with van der Waals surface area (Å²) >= 11 is 0. The zero-order chi connectivity index (χ0) is 9.97. The maximum absolute atomic E-state index is 10.9. The number of hydrogen-bond donors (Lipinski definition) is 1. The Morgan fingerprint density at radius 1 is 1.57 bits per heavy atom. The van der Waals surface area contributed by atoms with Crippen LogP contribution in [-0.4, -0.2) is 18.6 Å². The van der Waals surface area contributed by atoms with Gasteiger partial charge in [-0.05, 0) is 18.2 Å². The van der Waals surface area contributed by atoms with Crippen LogP contribution in [0, 0.1) is 6.07 Å². The molecule has 2 N–H and O–H groups in total. The molecule has 14 heavy (non-hydrogen) atoms. The molecule has 0 aliphatic carbocycles. The van der Waals surface area contributed by atoms with Gasteiger partial charge in [-0.15, -0.1) is 0 Å². The number of amides is 1. The second kappa shape index (κ2) is 3.57. The van der Waals surface area contributed by atoms with E-state index in [1.807, 2.05) is 0 Å². The van der Waals surface area contributed by atoms with Crippen LogP contribution in [0.2, 0.25) is 0 Å². The minimum atomic E-state index is -0.605. The monoisotopic (exact) mass is 192 g/mol. The lowest BCUT2D eigenvalue weighted by molar-refractivity contribution is -0.124. The summed E-state index contributed by atoms with van der Waals surface area (Å²) in [4.78, 5) is 10.9. The Balaban J connectivity index is 2.26. The van der Waals surface area contributed by atoms with Gasteiger partial charge in [0.25, 0.3) is 5.91 Å². The maximum Gasteiger partial charge on any atom is 0.258 e. The number of primary amides is 1. The van der Waals surface area contributed by atoms with E-state index in [9.17, 15) is 4.79 Å². The van der Waals surface area contributed by atoms with E-state index in [2.05, 4.69) is 6.07 Å². The fourth-order valence-electron chi connectivity index (χ4n) is 1.30. The molecular formula is C10H10NO3. The number of ether oxygens (including phenoxy) is 2. The molecule has 1 unspecified atom stereocenters. The second-order valence-electron chi connectivity index (χ2n) is 3.02. The van der Waals surface area contributed by atoms with Gasteiger partial charge in [-0.1, -0.05) is 6.07 Å². The predicted octanol–water partition coefficient (Wildman–Crippen LogP) is 0.502. The molecule has 2 rings (SSSR count). The summed E-state index contributed by atoms with van der Waals surface area (Å²) in [6, 6.07) is 7.96. The van der Waals surface area contributed by atoms with Crippen molar-refractivity contribution >= 4 is 5.91 Å². The highest BCUT2D eigenvalue weighted by Crippen LogP contribution is 2.29. The number of hydrogen-bond acceptors (Lipinski definition) is 3. The fourth-order valence-corrected chi connectivity index (χ4v) is 1.30. The molecule has 0 aromatic heterocycles. The lowest BCUT2D eigenvalue weighted by Gasteiger charge is -2.11. The summed E-state index contributed by atoms with van der Waals surface area (Å²) in [6.07, 6.45) is -0.128. The Morgan fingerprint density at radius 2 is 2.43 bits per heavy atom. The first-order valence-electron chi connectivity index (χ1n) is 4.36. The second-order valence-corrected chi connectivity index (χ2v) is 3.02. The summed E-state index contributed by atoms with van der Waals surface area (Å²) in [5, 5.41) is 0. The van der Waals surface area contributed by atoms with Crippen LogP contribution in [0.4, 0.5) is 0 Å². The van der Waals surface area contributed by atoms with Crippen LogP contribution < -0.4 is 15.2 Å². The summed E-state index contributed by atoms with van der Waals surface area (Å²) in [5.41, 5.74) is 5.16. The largest absolute Gasteiger partial charge is 0.490 e. The quantitative estimate of drug-likeness (QED) is 0.704. The zero-order valence-electron chi connectivity index (χ0n) is 7.53. The molecule has 73 valence electrons. The number of rotatable bonds is 1. The molecule has 1 aliphatic rings. The number of carbonyl (C=O) groups excluding carboxylic acids is 1. The minimum absolute atomic E-state index is 0.435. The van der Waals surface area contributed by atoms with Gasteiger partial charge in [-0.3, -0.25) is 4.79 Å². The number of fused-ring (bicyclic) bond motifs is 1. The third-order valence-corrected chi connectivity index (χ3v) is 2.01. The standard InChI is InChI=1S/C10H10NO3/c11-10(12)9-5-6-13-7-3-1-2-4-8(7)14-9/h1,3-4,9H,5-6H2,(H2,11,12). The molecule has 1 aromatic rings. The first-order chi connectivity index (χ1) is 6.77. The van der Waals surface area contributed by atoms with Crippen LogP contribution in [0.15, 0.2) is 18.2 Å². The lowest BCUT2D eigenvalue weighted by atomic mass is 10.2. The van der Waals surface area contributed by atoms with Crippen molar-refractivity contribution in [3.05, 3.63) is 24.3 Å². The molecule has 0 fully saturated rings. The molecular weight excluding hydrogens is 182 g/mol. The highest BCUT2D eigenvalue weighted by atomic mass is 16.5. The normalized spacial score (nSPS) is 19.9. The van der Waals surface area contributed by atoms with Crippen LogP contribution in [0.1, 0.15) is 6.42 Å². The van der Waals surface area contributed by atoms with Crippen molar-refractivity contribution in [2.24, 2.45) is 5.73 Å². The van der Waals surface area contributed by atoms with Gasteiger partial charge >= 0.3 is 0 Å². The molecule has 1 aliphatic heterocycles. The summed E-state index contributed by atoms with van der Waals surface area (Å²) in [5.74, 6) is 0.687. The van der Waals surface area contributed by atoms with Crippen LogP contribution in [0.3, 0.4) is 0 Å². The van der Waals surface area contributed by atoms with E-state index < -0.39 is 12.0 Å². The molecule has 1 aromatic carbocycles. The average molecular weight is 192 g/mol. The highest BCUT2D eigenvalue weighted by molar-refractivity contribution is 5.79. The summed E-state index contributed by atoms with van der Waals surface area (Å²) in [7, 11) is 0. The van der Waals surface area contributed by atoms with Crippen LogP contribution in [0.25, 0.3) is 0 Å². The topological polar surface area (TPSA) is 61.6 Å². The predicted molar refractivity (Wildman–Crippen MR) is 49.0 cm³/mol. The molecule has 0 bridgehead atoms. The Hall–Kier alpha value is -1.71. The Kier molecular flexibility index (Phi) is 2.26. The van der Waals surface area contributed by atoms with Crippen LogP contribution in [-0.2, 0) is 4.79 Å². The van der Waals surface area contributed by atoms with E-state index >= 15 is 0 Å². The van der Waals surface area contributed by atoms with Crippen LogP contribution >= 0.6 is 0 Å². The Morgan fingerprint density at radius 3 is 3.21 bits per heavy atom. The molecule has 4 heteroatoms. The van der Waals surface area contributed by atoms with Crippen molar-refractivity contribution in [3.63, 3.8) is 0 Å². The summed E-state index contributed by atoms with van der Waals surface area (Å²) in [6.45, 7) is 0.435. The van der Waals surface area contributed by atoms with Crippen molar-refractivity contribution in [1.82, 2.24) is 0 Å². The molecule has 1 amide bonds. The number of nitrogens with two attached hydrogens (primary N) is 1. The third kappa shape index (κ3) is 1.64. The van der Waals surface area contributed by atoms with Gasteiger partial charge in [0.15, 0.2) is 17.6 Å². The van der Waals surface area contributed by atoms with Gasteiger partial charge in [0.1, 0.15) is 0 Å². The van der Waals surface area contributed by atoms with Gasteiger partial charge in [0.2, 0.25) is 0 Å². The number of benzene rings is 1. The van der Waals surface area contributed by atoms with Gasteiger partial charge in [0, 0.05) is 6.42 Å². The Bertz CT molecular complexity index is 351. The third-order valence-electron chi connectivity index (χ3n) is 2.01. The van der Waals surface area contributed by atoms with Crippen molar-refractivity contribution < 1.29 is 14.3 Å². The number of carbonyl (C=O) groups is 1. The van der Waals surface area contributed by atoms with E-state index in [0.29, 0.717) is 24.5 Å². The molecule has 0 spiro atoms. The van der Waals surface area contributed by atoms with Gasteiger partial charge < -0.3 is 15.2 Å². The van der Waals surface area contributed by atoms with Crippen molar-refractivity contribution in [1.29, 1.82) is 0 Å². The van der Waals surface area contributed by atoms with E-state index in [-0.39, 0.29) is 0 Å². The van der Waals surface area contributed by atoms with E-state index in [4.69, 9.17) is 15.2 Å². The van der Waals surface area contributed by atoms with Crippen LogP contribution in [0.5, 0.6) is 11.5 Å². The molecule has 0 saturated carbocycles. The van der Waals surface area contributed by atoms with E-state index in [1.165, 1.54) is 0 Å². The van der Waals surface area contributed by atoms with Crippen molar-refractivity contribution in [3.8, 4) is 11.5 Å². The fraction of sp³-hybridized carbons (Fsp3) is 0.300. The van der Waals surface area contributed by atoms with E-state index in [0.717, 1.165) is 0 Å². The highest BCUT2D eigenvalue weighted by Gasteiger charge is 2.22. The molecule has 4 nitrogen and oxygen atoms in total. The van der Waals surface area contributed by atoms with Gasteiger partial charge in [-0.25, -0.2) is 0 Å².